The number of carbonyl (C=O) groups excluding carboxylic acids is 1. The van der Waals surface area contributed by atoms with E-state index in [-0.39, 0.29) is 18.0 Å². The maximum atomic E-state index is 12.5. The number of piperidine rings is 1. The third kappa shape index (κ3) is 4.43. The number of benzene rings is 1. The van der Waals surface area contributed by atoms with Gasteiger partial charge in [-0.2, -0.15) is 0 Å². The average Bonchev–Trinajstić information content (AvgIpc) is 3.23. The second-order valence-electron chi connectivity index (χ2n) is 7.91. The van der Waals surface area contributed by atoms with Crippen molar-refractivity contribution in [3.8, 4) is 0 Å². The Hall–Kier alpha value is -2.45. The number of thiazole rings is 1. The molecule has 1 fully saturated rings. The Bertz CT molecular complexity index is 1070. The first-order valence-corrected chi connectivity index (χ1v) is 11.0. The topological polar surface area (TPSA) is 72.2 Å². The van der Waals surface area contributed by atoms with Gasteiger partial charge in [0.25, 0.3) is 0 Å². The summed E-state index contributed by atoms with van der Waals surface area (Å²) in [6, 6.07) is 7.62. The lowest BCUT2D eigenvalue weighted by atomic mass is 10.0. The summed E-state index contributed by atoms with van der Waals surface area (Å²) in [6.07, 6.45) is 2.77. The standard InChI is InChI=1S/C21H27N5O2S/c1-15-6-5-10-25(12-15)13-16-14-29-20(22-16)23-19(27)9-11-26-18-8-4-3-7-17(18)24(2)21(26)28/h3-4,7-8,14-15H,5-6,9-13H2,1-2H3,(H,22,23,27). The van der Waals surface area contributed by atoms with Crippen molar-refractivity contribution in [3.05, 3.63) is 45.8 Å². The number of imidazole rings is 1. The lowest BCUT2D eigenvalue weighted by Gasteiger charge is -2.30. The number of anilines is 1. The Kier molecular flexibility index (Phi) is 5.82. The predicted molar refractivity (Wildman–Crippen MR) is 116 cm³/mol. The summed E-state index contributed by atoms with van der Waals surface area (Å²) >= 11 is 1.46. The molecular formula is C21H27N5O2S. The van der Waals surface area contributed by atoms with Crippen LogP contribution in [0.3, 0.4) is 0 Å². The number of hydrogen-bond donors (Lipinski definition) is 1. The van der Waals surface area contributed by atoms with Crippen molar-refractivity contribution in [2.75, 3.05) is 18.4 Å². The Morgan fingerprint density at radius 2 is 2.10 bits per heavy atom. The van der Waals surface area contributed by atoms with E-state index in [1.165, 1.54) is 24.2 Å². The van der Waals surface area contributed by atoms with Gasteiger partial charge >= 0.3 is 5.69 Å². The SMILES string of the molecule is CC1CCCN(Cc2csc(NC(=O)CCn3c(=O)n(C)c4ccccc43)n2)C1. The summed E-state index contributed by atoms with van der Waals surface area (Å²) in [5, 5.41) is 5.52. The smallest absolute Gasteiger partial charge is 0.302 e. The Morgan fingerprint density at radius 3 is 2.90 bits per heavy atom. The fraction of sp³-hybridized carbons (Fsp3) is 0.476. The van der Waals surface area contributed by atoms with Crippen molar-refractivity contribution in [3.63, 3.8) is 0 Å². The van der Waals surface area contributed by atoms with E-state index in [1.54, 1.807) is 16.2 Å². The van der Waals surface area contributed by atoms with Gasteiger partial charge in [0, 0.05) is 38.5 Å². The van der Waals surface area contributed by atoms with Gasteiger partial charge in [0.1, 0.15) is 0 Å². The minimum atomic E-state index is -0.127. The van der Waals surface area contributed by atoms with Crippen LogP contribution in [0.2, 0.25) is 0 Å². The highest BCUT2D eigenvalue weighted by Gasteiger charge is 2.18. The summed E-state index contributed by atoms with van der Waals surface area (Å²) in [6.45, 7) is 5.69. The molecule has 0 aliphatic carbocycles. The fourth-order valence-corrected chi connectivity index (χ4v) is 4.79. The normalized spacial score (nSPS) is 17.7. The van der Waals surface area contributed by atoms with E-state index in [2.05, 4.69) is 22.1 Å². The third-order valence-corrected chi connectivity index (χ3v) is 6.35. The van der Waals surface area contributed by atoms with Crippen LogP contribution in [0.25, 0.3) is 11.0 Å². The van der Waals surface area contributed by atoms with Crippen LogP contribution in [-0.2, 0) is 24.9 Å². The van der Waals surface area contributed by atoms with Crippen molar-refractivity contribution in [2.24, 2.45) is 13.0 Å². The molecule has 0 saturated carbocycles. The summed E-state index contributed by atoms with van der Waals surface area (Å²) in [5.41, 5.74) is 2.62. The lowest BCUT2D eigenvalue weighted by Crippen LogP contribution is -2.33. The maximum absolute atomic E-state index is 12.5. The molecule has 3 aromatic rings. The molecule has 1 aliphatic rings. The molecule has 1 aromatic carbocycles. The van der Waals surface area contributed by atoms with E-state index in [4.69, 9.17) is 0 Å². The van der Waals surface area contributed by atoms with Crippen molar-refractivity contribution < 1.29 is 4.79 Å². The zero-order chi connectivity index (χ0) is 20.4. The minimum absolute atomic E-state index is 0.105. The number of para-hydroxylation sites is 2. The van der Waals surface area contributed by atoms with Gasteiger partial charge in [-0.1, -0.05) is 19.1 Å². The molecule has 1 unspecified atom stereocenters. The Labute approximate surface area is 174 Å². The van der Waals surface area contributed by atoms with Crippen LogP contribution in [0, 0.1) is 5.92 Å². The molecule has 1 aliphatic heterocycles. The van der Waals surface area contributed by atoms with Crippen LogP contribution < -0.4 is 11.0 Å². The fourth-order valence-electron chi connectivity index (χ4n) is 4.07. The van der Waals surface area contributed by atoms with Gasteiger partial charge in [0.2, 0.25) is 5.91 Å². The van der Waals surface area contributed by atoms with E-state index in [1.807, 2.05) is 29.6 Å². The van der Waals surface area contributed by atoms with Crippen LogP contribution in [0.4, 0.5) is 5.13 Å². The number of aromatic nitrogens is 3. The molecule has 8 heteroatoms. The molecule has 1 saturated heterocycles. The number of hydrogen-bond acceptors (Lipinski definition) is 5. The van der Waals surface area contributed by atoms with Crippen molar-refractivity contribution in [1.29, 1.82) is 0 Å². The quantitative estimate of drug-likeness (QED) is 0.674. The number of nitrogens with one attached hydrogen (secondary N) is 1. The molecule has 1 N–H and O–H groups in total. The number of rotatable bonds is 6. The van der Waals surface area contributed by atoms with Crippen LogP contribution >= 0.6 is 11.3 Å². The molecule has 7 nitrogen and oxygen atoms in total. The summed E-state index contributed by atoms with van der Waals surface area (Å²) in [7, 11) is 1.75. The lowest BCUT2D eigenvalue weighted by molar-refractivity contribution is -0.116. The number of likely N-dealkylation sites (tertiary alicyclic amines) is 1. The van der Waals surface area contributed by atoms with E-state index in [9.17, 15) is 9.59 Å². The molecule has 154 valence electrons. The van der Waals surface area contributed by atoms with Gasteiger partial charge in [-0.3, -0.25) is 18.8 Å². The summed E-state index contributed by atoms with van der Waals surface area (Å²) in [5.74, 6) is 0.608. The number of aryl methyl sites for hydroxylation is 2. The molecule has 1 amide bonds. The minimum Gasteiger partial charge on any atom is -0.302 e. The van der Waals surface area contributed by atoms with E-state index in [0.717, 1.165) is 42.3 Å². The molecule has 2 aromatic heterocycles. The molecule has 4 rings (SSSR count). The van der Waals surface area contributed by atoms with Crippen LogP contribution in [0.15, 0.2) is 34.4 Å². The van der Waals surface area contributed by atoms with Crippen molar-refractivity contribution >= 4 is 33.4 Å². The largest absolute Gasteiger partial charge is 0.328 e. The highest BCUT2D eigenvalue weighted by Crippen LogP contribution is 2.21. The van der Waals surface area contributed by atoms with Gasteiger partial charge in [0.05, 0.1) is 16.7 Å². The van der Waals surface area contributed by atoms with Crippen LogP contribution in [-0.4, -0.2) is 38.0 Å². The van der Waals surface area contributed by atoms with Gasteiger partial charge in [-0.25, -0.2) is 9.78 Å². The number of amides is 1. The van der Waals surface area contributed by atoms with Crippen molar-refractivity contribution in [1.82, 2.24) is 19.0 Å². The predicted octanol–water partition coefficient (Wildman–Crippen LogP) is 3.06. The monoisotopic (exact) mass is 413 g/mol. The summed E-state index contributed by atoms with van der Waals surface area (Å²) in [4.78, 5) is 31.9. The molecule has 1 atom stereocenters. The maximum Gasteiger partial charge on any atom is 0.328 e. The van der Waals surface area contributed by atoms with E-state index >= 15 is 0 Å². The van der Waals surface area contributed by atoms with Gasteiger partial charge in [0.15, 0.2) is 5.13 Å². The third-order valence-electron chi connectivity index (χ3n) is 5.54. The highest BCUT2D eigenvalue weighted by atomic mass is 32.1. The van der Waals surface area contributed by atoms with E-state index < -0.39 is 0 Å². The van der Waals surface area contributed by atoms with Crippen molar-refractivity contribution in [2.45, 2.75) is 39.3 Å². The first-order chi connectivity index (χ1) is 14.0. The Balaban J connectivity index is 1.34. The van der Waals surface area contributed by atoms with Gasteiger partial charge in [-0.05, 0) is 37.4 Å². The number of nitrogens with zero attached hydrogens (tertiary/aromatic N) is 4. The van der Waals surface area contributed by atoms with Crippen LogP contribution in [0.1, 0.15) is 31.9 Å². The highest BCUT2D eigenvalue weighted by molar-refractivity contribution is 7.13. The second-order valence-corrected chi connectivity index (χ2v) is 8.76. The van der Waals surface area contributed by atoms with Gasteiger partial charge < -0.3 is 5.32 Å². The molecule has 3 heterocycles. The zero-order valence-electron chi connectivity index (χ0n) is 16.9. The van der Waals surface area contributed by atoms with Crippen LogP contribution in [0.5, 0.6) is 0 Å². The molecule has 0 bridgehead atoms. The first kappa shape index (κ1) is 19.8. The first-order valence-electron chi connectivity index (χ1n) is 10.1. The molecule has 0 spiro atoms. The van der Waals surface area contributed by atoms with Gasteiger partial charge in [-0.15, -0.1) is 11.3 Å². The molecular weight excluding hydrogens is 386 g/mol. The Morgan fingerprint density at radius 1 is 1.31 bits per heavy atom. The number of fused-ring (bicyclic) bond motifs is 1. The molecule has 0 radical (unpaired) electrons. The second kappa shape index (κ2) is 8.51. The number of carbonyl (C=O) groups is 1. The zero-order valence-corrected chi connectivity index (χ0v) is 17.7. The summed E-state index contributed by atoms with van der Waals surface area (Å²) < 4.78 is 3.27. The van der Waals surface area contributed by atoms with E-state index in [0.29, 0.717) is 11.7 Å². The average molecular weight is 414 g/mol. The molecule has 29 heavy (non-hydrogen) atoms.